The minimum atomic E-state index is -0.120. The number of halogens is 1. The second kappa shape index (κ2) is 11.9. The molecule has 5 heteroatoms. The molecule has 2 amide bonds. The van der Waals surface area contributed by atoms with Crippen molar-refractivity contribution in [1.29, 1.82) is 0 Å². The van der Waals surface area contributed by atoms with E-state index < -0.39 is 0 Å². The standard InChI is InChI=1S/C28H32ClN3O/c29-25-12-14-26(15-13-25)30-28(33)32(27-10-5-2-6-11-27)19-7-18-31-20-16-24(17-21-31)22-23-8-3-1-4-9-23/h1-6,8-15,24H,7,16-22H2,(H,30,33). The molecule has 1 saturated heterocycles. The molecule has 0 bridgehead atoms. The van der Waals surface area contributed by atoms with Crippen LogP contribution in [-0.2, 0) is 6.42 Å². The number of carbonyl (C=O) groups is 1. The van der Waals surface area contributed by atoms with Gasteiger partial charge in [0, 0.05) is 22.9 Å². The summed E-state index contributed by atoms with van der Waals surface area (Å²) in [5.74, 6) is 0.773. The number of rotatable bonds is 8. The number of benzene rings is 3. The molecule has 0 spiro atoms. The number of nitrogens with one attached hydrogen (secondary N) is 1. The second-order valence-electron chi connectivity index (χ2n) is 8.75. The van der Waals surface area contributed by atoms with Crippen molar-refractivity contribution in [3.8, 4) is 0 Å². The predicted molar refractivity (Wildman–Crippen MR) is 138 cm³/mol. The molecule has 0 radical (unpaired) electrons. The number of anilines is 2. The monoisotopic (exact) mass is 461 g/mol. The van der Waals surface area contributed by atoms with Crippen molar-refractivity contribution in [3.63, 3.8) is 0 Å². The average Bonchev–Trinajstić information content (AvgIpc) is 2.85. The number of hydrogen-bond donors (Lipinski definition) is 1. The summed E-state index contributed by atoms with van der Waals surface area (Å²) in [6.07, 6.45) is 4.61. The van der Waals surface area contributed by atoms with Gasteiger partial charge in [-0.3, -0.25) is 4.90 Å². The molecule has 0 aromatic heterocycles. The van der Waals surface area contributed by atoms with E-state index in [1.165, 1.54) is 24.8 Å². The molecule has 1 heterocycles. The lowest BCUT2D eigenvalue weighted by Gasteiger charge is -2.32. The number of carbonyl (C=O) groups excluding carboxylic acids is 1. The van der Waals surface area contributed by atoms with Crippen molar-refractivity contribution in [3.05, 3.63) is 95.5 Å². The molecule has 33 heavy (non-hydrogen) atoms. The van der Waals surface area contributed by atoms with E-state index >= 15 is 0 Å². The van der Waals surface area contributed by atoms with E-state index in [2.05, 4.69) is 40.5 Å². The van der Waals surface area contributed by atoms with Crippen LogP contribution in [0.2, 0.25) is 5.02 Å². The maximum atomic E-state index is 13.1. The first-order valence-corrected chi connectivity index (χ1v) is 12.2. The van der Waals surface area contributed by atoms with Crippen LogP contribution < -0.4 is 10.2 Å². The molecular weight excluding hydrogens is 430 g/mol. The Hall–Kier alpha value is -2.82. The van der Waals surface area contributed by atoms with Gasteiger partial charge in [0.15, 0.2) is 0 Å². The first-order valence-electron chi connectivity index (χ1n) is 11.8. The molecule has 1 N–H and O–H groups in total. The topological polar surface area (TPSA) is 35.6 Å². The third-order valence-electron chi connectivity index (χ3n) is 6.34. The first kappa shape index (κ1) is 23.3. The Morgan fingerprint density at radius 3 is 2.21 bits per heavy atom. The third-order valence-corrected chi connectivity index (χ3v) is 6.59. The van der Waals surface area contributed by atoms with E-state index in [1.54, 1.807) is 12.1 Å². The summed E-state index contributed by atoms with van der Waals surface area (Å²) in [6, 6.07) is 27.8. The Bertz CT molecular complexity index is 987. The van der Waals surface area contributed by atoms with Gasteiger partial charge in [-0.15, -0.1) is 0 Å². The molecule has 0 saturated carbocycles. The van der Waals surface area contributed by atoms with Gasteiger partial charge in [0.1, 0.15) is 0 Å². The number of amides is 2. The fourth-order valence-corrected chi connectivity index (χ4v) is 4.62. The molecular formula is C28H32ClN3O. The Balaban J connectivity index is 1.27. The Kier molecular flexibility index (Phi) is 8.40. The van der Waals surface area contributed by atoms with Crippen LogP contribution in [0, 0.1) is 5.92 Å². The zero-order chi connectivity index (χ0) is 22.9. The first-order chi connectivity index (χ1) is 16.2. The quantitative estimate of drug-likeness (QED) is 0.404. The summed E-state index contributed by atoms with van der Waals surface area (Å²) in [4.78, 5) is 17.4. The van der Waals surface area contributed by atoms with E-state index in [9.17, 15) is 4.79 Å². The Labute approximate surface area is 202 Å². The lowest BCUT2D eigenvalue weighted by molar-refractivity contribution is 0.183. The summed E-state index contributed by atoms with van der Waals surface area (Å²) < 4.78 is 0. The molecule has 1 aliphatic heterocycles. The zero-order valence-electron chi connectivity index (χ0n) is 19.0. The Morgan fingerprint density at radius 1 is 0.909 bits per heavy atom. The SMILES string of the molecule is O=C(Nc1ccc(Cl)cc1)N(CCCN1CCC(Cc2ccccc2)CC1)c1ccccc1. The summed E-state index contributed by atoms with van der Waals surface area (Å²) in [5, 5.41) is 3.65. The second-order valence-corrected chi connectivity index (χ2v) is 9.19. The van der Waals surface area contributed by atoms with Crippen LogP contribution >= 0.6 is 11.6 Å². The van der Waals surface area contributed by atoms with E-state index in [-0.39, 0.29) is 6.03 Å². The zero-order valence-corrected chi connectivity index (χ0v) is 19.8. The van der Waals surface area contributed by atoms with Crippen LogP contribution in [0.25, 0.3) is 0 Å². The summed E-state index contributed by atoms with van der Waals surface area (Å²) in [6.45, 7) is 3.96. The maximum Gasteiger partial charge on any atom is 0.326 e. The highest BCUT2D eigenvalue weighted by molar-refractivity contribution is 6.30. The van der Waals surface area contributed by atoms with Crippen molar-refractivity contribution in [2.75, 3.05) is 36.4 Å². The average molecular weight is 462 g/mol. The number of nitrogens with zero attached hydrogens (tertiary/aromatic N) is 2. The van der Waals surface area contributed by atoms with Gasteiger partial charge < -0.3 is 10.2 Å². The van der Waals surface area contributed by atoms with E-state index in [0.29, 0.717) is 11.6 Å². The minimum absolute atomic E-state index is 0.120. The van der Waals surface area contributed by atoms with E-state index in [4.69, 9.17) is 11.6 Å². The van der Waals surface area contributed by atoms with Crippen molar-refractivity contribution in [2.24, 2.45) is 5.92 Å². The van der Waals surface area contributed by atoms with Gasteiger partial charge in [-0.05, 0) is 93.2 Å². The van der Waals surface area contributed by atoms with E-state index in [0.717, 1.165) is 43.3 Å². The fraction of sp³-hybridized carbons (Fsp3) is 0.321. The third kappa shape index (κ3) is 7.08. The van der Waals surface area contributed by atoms with Crippen LogP contribution in [0.4, 0.5) is 16.2 Å². The van der Waals surface area contributed by atoms with Crippen molar-refractivity contribution in [1.82, 2.24) is 4.90 Å². The molecule has 0 aliphatic carbocycles. The van der Waals surface area contributed by atoms with Crippen LogP contribution in [0.15, 0.2) is 84.9 Å². The Morgan fingerprint density at radius 2 is 1.55 bits per heavy atom. The van der Waals surface area contributed by atoms with Crippen LogP contribution in [-0.4, -0.2) is 37.1 Å². The van der Waals surface area contributed by atoms with E-state index in [1.807, 2.05) is 47.4 Å². The number of likely N-dealkylation sites (tertiary alicyclic amines) is 1. The fourth-order valence-electron chi connectivity index (χ4n) is 4.49. The lowest BCUT2D eigenvalue weighted by Crippen LogP contribution is -2.39. The van der Waals surface area contributed by atoms with Gasteiger partial charge in [0.05, 0.1) is 0 Å². The highest BCUT2D eigenvalue weighted by Gasteiger charge is 2.20. The highest BCUT2D eigenvalue weighted by atomic mass is 35.5. The molecule has 3 aromatic rings. The minimum Gasteiger partial charge on any atom is -0.308 e. The van der Waals surface area contributed by atoms with Crippen molar-refractivity contribution in [2.45, 2.75) is 25.7 Å². The largest absolute Gasteiger partial charge is 0.326 e. The van der Waals surface area contributed by atoms with Crippen molar-refractivity contribution < 1.29 is 4.79 Å². The summed E-state index contributed by atoms with van der Waals surface area (Å²) in [7, 11) is 0. The molecule has 0 unspecified atom stereocenters. The van der Waals surface area contributed by atoms with Gasteiger partial charge in [-0.1, -0.05) is 60.1 Å². The molecule has 172 valence electrons. The van der Waals surface area contributed by atoms with Crippen molar-refractivity contribution >= 4 is 29.0 Å². The molecule has 1 fully saturated rings. The number of para-hydroxylation sites is 1. The predicted octanol–water partition coefficient (Wildman–Crippen LogP) is 6.72. The normalized spacial score (nSPS) is 14.7. The summed E-state index contributed by atoms with van der Waals surface area (Å²) >= 11 is 5.97. The number of urea groups is 1. The van der Waals surface area contributed by atoms with Crippen LogP contribution in [0.3, 0.4) is 0 Å². The van der Waals surface area contributed by atoms with Crippen LogP contribution in [0.5, 0.6) is 0 Å². The highest BCUT2D eigenvalue weighted by Crippen LogP contribution is 2.22. The maximum absolute atomic E-state index is 13.1. The van der Waals surface area contributed by atoms with Gasteiger partial charge in [0.25, 0.3) is 0 Å². The number of piperidine rings is 1. The number of hydrogen-bond acceptors (Lipinski definition) is 2. The van der Waals surface area contributed by atoms with Crippen LogP contribution in [0.1, 0.15) is 24.8 Å². The summed E-state index contributed by atoms with van der Waals surface area (Å²) in [5.41, 5.74) is 3.09. The van der Waals surface area contributed by atoms with Gasteiger partial charge in [0.2, 0.25) is 0 Å². The molecule has 1 aliphatic rings. The van der Waals surface area contributed by atoms with Gasteiger partial charge in [-0.2, -0.15) is 0 Å². The molecule has 3 aromatic carbocycles. The smallest absolute Gasteiger partial charge is 0.308 e. The van der Waals surface area contributed by atoms with Gasteiger partial charge >= 0.3 is 6.03 Å². The van der Waals surface area contributed by atoms with Gasteiger partial charge in [-0.25, -0.2) is 4.79 Å². The molecule has 4 nitrogen and oxygen atoms in total. The lowest BCUT2D eigenvalue weighted by atomic mass is 9.90. The molecule has 4 rings (SSSR count). The molecule has 0 atom stereocenters.